The zero-order valence-electron chi connectivity index (χ0n) is 20.0. The quantitative estimate of drug-likeness (QED) is 0.279. The lowest BCUT2D eigenvalue weighted by molar-refractivity contribution is 0.0197. The summed E-state index contributed by atoms with van der Waals surface area (Å²) in [6.45, 7) is 0. The predicted molar refractivity (Wildman–Crippen MR) is 148 cm³/mol. The summed E-state index contributed by atoms with van der Waals surface area (Å²) >= 11 is 0. The van der Waals surface area contributed by atoms with Crippen LogP contribution < -0.4 is 0 Å². The molecule has 0 saturated carbocycles. The summed E-state index contributed by atoms with van der Waals surface area (Å²) in [6, 6.07) is 52.3. The molecule has 1 nitrogen and oxygen atoms in total. The van der Waals surface area contributed by atoms with E-state index in [1.165, 1.54) is 11.1 Å². The third kappa shape index (κ3) is 3.69. The van der Waals surface area contributed by atoms with Crippen molar-refractivity contribution in [1.29, 1.82) is 0 Å². The van der Waals surface area contributed by atoms with E-state index in [4.69, 9.17) is 0 Å². The molecule has 6 rings (SSSR count). The van der Waals surface area contributed by atoms with Gasteiger partial charge in [0.2, 0.25) is 0 Å². The monoisotopic (exact) mass is 464 g/mol. The van der Waals surface area contributed by atoms with Crippen LogP contribution in [0, 0.1) is 0 Å². The normalized spacial score (nSPS) is 21.5. The standard InChI is InChI=1S/C35H28O/c36-35(30-24-14-5-15-25-30)33(28-20-10-3-11-21-28)31(26-16-6-1-7-17-26)32(27-18-8-2-9-19-27)34(35)29-22-12-4-13-23-29/h1-25,33-34,36H/t33-,34+,35?. The zero-order valence-corrected chi connectivity index (χ0v) is 20.0. The van der Waals surface area contributed by atoms with Crippen molar-refractivity contribution in [3.63, 3.8) is 0 Å². The van der Waals surface area contributed by atoms with E-state index < -0.39 is 5.60 Å². The van der Waals surface area contributed by atoms with Crippen molar-refractivity contribution in [1.82, 2.24) is 0 Å². The molecule has 36 heavy (non-hydrogen) atoms. The van der Waals surface area contributed by atoms with Gasteiger partial charge in [-0.15, -0.1) is 0 Å². The fourth-order valence-electron chi connectivity index (χ4n) is 5.97. The number of aliphatic hydroxyl groups is 1. The molecule has 5 aromatic rings. The molecule has 0 aliphatic heterocycles. The van der Waals surface area contributed by atoms with Crippen LogP contribution in [0.1, 0.15) is 39.7 Å². The van der Waals surface area contributed by atoms with Crippen LogP contribution in [0.4, 0.5) is 0 Å². The first-order chi connectivity index (χ1) is 17.8. The van der Waals surface area contributed by atoms with E-state index in [2.05, 4.69) is 121 Å². The molecule has 0 aromatic heterocycles. The minimum Gasteiger partial charge on any atom is -0.383 e. The maximum absolute atomic E-state index is 13.2. The van der Waals surface area contributed by atoms with E-state index in [-0.39, 0.29) is 11.8 Å². The minimum absolute atomic E-state index is 0.260. The van der Waals surface area contributed by atoms with Gasteiger partial charge in [-0.25, -0.2) is 0 Å². The number of hydrogen-bond acceptors (Lipinski definition) is 1. The molecule has 1 aliphatic carbocycles. The predicted octanol–water partition coefficient (Wildman–Crippen LogP) is 8.07. The fourth-order valence-corrected chi connectivity index (χ4v) is 5.97. The summed E-state index contributed by atoms with van der Waals surface area (Å²) in [6.07, 6.45) is 0. The van der Waals surface area contributed by atoms with Gasteiger partial charge < -0.3 is 5.11 Å². The Kier molecular flexibility index (Phi) is 5.85. The second-order valence-corrected chi connectivity index (χ2v) is 9.44. The van der Waals surface area contributed by atoms with Crippen LogP contribution >= 0.6 is 0 Å². The molecular weight excluding hydrogens is 436 g/mol. The van der Waals surface area contributed by atoms with Gasteiger partial charge >= 0.3 is 0 Å². The highest BCUT2D eigenvalue weighted by Crippen LogP contribution is 2.64. The van der Waals surface area contributed by atoms with E-state index in [0.29, 0.717) is 0 Å². The fraction of sp³-hybridized carbons (Fsp3) is 0.0857. The smallest absolute Gasteiger partial charge is 0.111 e. The highest BCUT2D eigenvalue weighted by molar-refractivity contribution is 6.01. The molecular formula is C35H28O. The lowest BCUT2D eigenvalue weighted by Gasteiger charge is -2.38. The maximum atomic E-state index is 13.2. The van der Waals surface area contributed by atoms with E-state index >= 15 is 0 Å². The Labute approximate surface area is 213 Å². The molecule has 0 saturated heterocycles. The van der Waals surface area contributed by atoms with Gasteiger partial charge in [-0.1, -0.05) is 152 Å². The average molecular weight is 465 g/mol. The first-order valence-corrected chi connectivity index (χ1v) is 12.5. The van der Waals surface area contributed by atoms with Crippen LogP contribution in [0.5, 0.6) is 0 Å². The molecule has 0 amide bonds. The summed E-state index contributed by atoms with van der Waals surface area (Å²) in [7, 11) is 0. The van der Waals surface area contributed by atoms with Crippen molar-refractivity contribution >= 4 is 11.1 Å². The van der Waals surface area contributed by atoms with Gasteiger partial charge in [0.15, 0.2) is 0 Å². The Hall–Kier alpha value is -4.20. The number of rotatable bonds is 5. The van der Waals surface area contributed by atoms with Crippen molar-refractivity contribution in [2.24, 2.45) is 0 Å². The van der Waals surface area contributed by atoms with Crippen molar-refractivity contribution < 1.29 is 5.11 Å². The molecule has 1 aliphatic rings. The highest BCUT2D eigenvalue weighted by Gasteiger charge is 2.56. The summed E-state index contributed by atoms with van der Waals surface area (Å²) in [5.41, 5.74) is 6.56. The third-order valence-electron chi connectivity index (χ3n) is 7.42. The van der Waals surface area contributed by atoms with Gasteiger partial charge in [-0.3, -0.25) is 0 Å². The zero-order chi connectivity index (χ0) is 24.4. The summed E-state index contributed by atoms with van der Waals surface area (Å²) in [5.74, 6) is -0.521. The number of hydrogen-bond donors (Lipinski definition) is 1. The van der Waals surface area contributed by atoms with Gasteiger partial charge in [0.25, 0.3) is 0 Å². The lowest BCUT2D eigenvalue weighted by Crippen LogP contribution is -2.36. The Balaban J connectivity index is 1.76. The first kappa shape index (κ1) is 22.3. The van der Waals surface area contributed by atoms with Crippen LogP contribution in [0.3, 0.4) is 0 Å². The Morgan fingerprint density at radius 2 is 0.694 bits per heavy atom. The van der Waals surface area contributed by atoms with Gasteiger partial charge in [-0.05, 0) is 39.0 Å². The second kappa shape index (κ2) is 9.45. The van der Waals surface area contributed by atoms with Crippen LogP contribution in [-0.2, 0) is 5.60 Å². The van der Waals surface area contributed by atoms with Crippen LogP contribution in [0.25, 0.3) is 11.1 Å². The molecule has 0 heterocycles. The minimum atomic E-state index is -1.19. The highest BCUT2D eigenvalue weighted by atomic mass is 16.3. The van der Waals surface area contributed by atoms with Gasteiger partial charge in [0, 0.05) is 11.8 Å². The molecule has 5 aromatic carbocycles. The molecule has 0 spiro atoms. The topological polar surface area (TPSA) is 20.2 Å². The molecule has 0 bridgehead atoms. The Morgan fingerprint density at radius 1 is 0.389 bits per heavy atom. The molecule has 174 valence electrons. The largest absolute Gasteiger partial charge is 0.383 e. The molecule has 0 radical (unpaired) electrons. The van der Waals surface area contributed by atoms with Crippen LogP contribution in [0.2, 0.25) is 0 Å². The van der Waals surface area contributed by atoms with Gasteiger partial charge in [0.05, 0.1) is 0 Å². The van der Waals surface area contributed by atoms with Crippen molar-refractivity contribution in [3.05, 3.63) is 179 Å². The molecule has 1 unspecified atom stereocenters. The van der Waals surface area contributed by atoms with Gasteiger partial charge in [-0.2, -0.15) is 0 Å². The Bertz CT molecular complexity index is 1360. The summed E-state index contributed by atoms with van der Waals surface area (Å²) in [4.78, 5) is 0. The molecule has 3 atom stereocenters. The molecule has 1 heteroatoms. The van der Waals surface area contributed by atoms with Crippen LogP contribution in [0.15, 0.2) is 152 Å². The second-order valence-electron chi connectivity index (χ2n) is 9.44. The number of benzene rings is 5. The average Bonchev–Trinajstić information content (AvgIpc) is 3.25. The Morgan fingerprint density at radius 3 is 1.06 bits per heavy atom. The van der Waals surface area contributed by atoms with Crippen molar-refractivity contribution in [2.75, 3.05) is 0 Å². The summed E-state index contributed by atoms with van der Waals surface area (Å²) in [5, 5.41) is 13.2. The third-order valence-corrected chi connectivity index (χ3v) is 7.42. The van der Waals surface area contributed by atoms with Crippen molar-refractivity contribution in [2.45, 2.75) is 17.4 Å². The van der Waals surface area contributed by atoms with Gasteiger partial charge in [0.1, 0.15) is 5.60 Å². The molecule has 1 N–H and O–H groups in total. The SMILES string of the molecule is OC1(c2ccccc2)[C@@H](c2ccccc2)C(c2ccccc2)=C(c2ccccc2)[C@H]1c1ccccc1. The van der Waals surface area contributed by atoms with E-state index in [9.17, 15) is 5.11 Å². The van der Waals surface area contributed by atoms with E-state index in [1.54, 1.807) is 0 Å². The maximum Gasteiger partial charge on any atom is 0.111 e. The van der Waals surface area contributed by atoms with E-state index in [0.717, 1.165) is 27.8 Å². The lowest BCUT2D eigenvalue weighted by atomic mass is 9.69. The van der Waals surface area contributed by atoms with Crippen molar-refractivity contribution in [3.8, 4) is 0 Å². The van der Waals surface area contributed by atoms with E-state index in [1.807, 2.05) is 30.3 Å². The summed E-state index contributed by atoms with van der Waals surface area (Å²) < 4.78 is 0. The molecule has 0 fully saturated rings. The first-order valence-electron chi connectivity index (χ1n) is 12.5. The van der Waals surface area contributed by atoms with Crippen LogP contribution in [-0.4, -0.2) is 5.11 Å².